The Bertz CT molecular complexity index is 1530. The number of carbonyl (C=O) groups is 2. The Labute approximate surface area is 233 Å². The zero-order valence-electron chi connectivity index (χ0n) is 22.5. The van der Waals surface area contributed by atoms with Gasteiger partial charge in [-0.05, 0) is 67.7 Å². The Kier molecular flexibility index (Phi) is 8.03. The summed E-state index contributed by atoms with van der Waals surface area (Å²) in [5.74, 6) is -0.692. The lowest BCUT2D eigenvalue weighted by molar-refractivity contribution is -0.118. The Morgan fingerprint density at radius 2 is 1.52 bits per heavy atom. The standard InChI is InChI=1S/C33H31FN4O2/c1-37(2)19-20-38(30(39)21-23-9-5-3-6-10-23)27-16-14-26(15-17-27)35-32(24-11-7-4-8-12-24)31-28-18-13-25(34)22-29(28)36-33(31)40/h3-18,22,35H,19-21H2,1-2H3,(H,36,40). The molecule has 2 amide bonds. The molecule has 40 heavy (non-hydrogen) atoms. The first-order valence-corrected chi connectivity index (χ1v) is 13.2. The van der Waals surface area contributed by atoms with E-state index in [-0.39, 0.29) is 11.8 Å². The summed E-state index contributed by atoms with van der Waals surface area (Å²) in [6, 6.07) is 31.2. The first kappa shape index (κ1) is 26.8. The number of carbonyl (C=O) groups excluding carboxylic acids is 2. The second-order valence-electron chi connectivity index (χ2n) is 9.94. The van der Waals surface area contributed by atoms with Gasteiger partial charge in [0.1, 0.15) is 5.82 Å². The lowest BCUT2D eigenvalue weighted by atomic mass is 10.00. The largest absolute Gasteiger partial charge is 0.354 e. The monoisotopic (exact) mass is 534 g/mol. The summed E-state index contributed by atoms with van der Waals surface area (Å²) in [5.41, 5.74) is 5.46. The molecule has 7 heteroatoms. The van der Waals surface area contributed by atoms with Crippen molar-refractivity contribution < 1.29 is 14.0 Å². The van der Waals surface area contributed by atoms with Crippen LogP contribution in [0.1, 0.15) is 16.7 Å². The van der Waals surface area contributed by atoms with Gasteiger partial charge >= 0.3 is 0 Å². The van der Waals surface area contributed by atoms with Gasteiger partial charge in [-0.1, -0.05) is 60.7 Å². The summed E-state index contributed by atoms with van der Waals surface area (Å²) in [6.45, 7) is 1.28. The molecule has 2 N–H and O–H groups in total. The Morgan fingerprint density at radius 1 is 0.850 bits per heavy atom. The smallest absolute Gasteiger partial charge is 0.258 e. The second-order valence-corrected chi connectivity index (χ2v) is 9.94. The molecule has 4 aromatic carbocycles. The highest BCUT2D eigenvalue weighted by Gasteiger charge is 2.29. The minimum atomic E-state index is -0.411. The van der Waals surface area contributed by atoms with Crippen molar-refractivity contribution in [2.75, 3.05) is 42.7 Å². The number of benzene rings is 4. The fourth-order valence-corrected chi connectivity index (χ4v) is 4.71. The lowest BCUT2D eigenvalue weighted by Crippen LogP contribution is -2.37. The average molecular weight is 535 g/mol. The van der Waals surface area contributed by atoms with Gasteiger partial charge in [0.25, 0.3) is 5.91 Å². The first-order valence-electron chi connectivity index (χ1n) is 13.2. The van der Waals surface area contributed by atoms with Crippen LogP contribution in [0.2, 0.25) is 0 Å². The average Bonchev–Trinajstić information content (AvgIpc) is 3.27. The van der Waals surface area contributed by atoms with Crippen LogP contribution < -0.4 is 15.5 Å². The molecule has 0 saturated carbocycles. The van der Waals surface area contributed by atoms with E-state index in [1.165, 1.54) is 12.1 Å². The normalized spacial score (nSPS) is 13.6. The van der Waals surface area contributed by atoms with Crippen molar-refractivity contribution in [3.8, 4) is 0 Å². The number of anilines is 3. The van der Waals surface area contributed by atoms with Crippen molar-refractivity contribution in [1.29, 1.82) is 0 Å². The third kappa shape index (κ3) is 6.11. The van der Waals surface area contributed by atoms with Gasteiger partial charge in [-0.25, -0.2) is 4.39 Å². The van der Waals surface area contributed by atoms with Gasteiger partial charge in [-0.15, -0.1) is 0 Å². The van der Waals surface area contributed by atoms with Crippen molar-refractivity contribution in [1.82, 2.24) is 4.90 Å². The van der Waals surface area contributed by atoms with Crippen molar-refractivity contribution >= 4 is 40.1 Å². The molecule has 0 atom stereocenters. The molecule has 4 aromatic rings. The molecule has 0 aromatic heterocycles. The minimum Gasteiger partial charge on any atom is -0.354 e. The fraction of sp³-hybridized carbons (Fsp3) is 0.152. The van der Waals surface area contributed by atoms with E-state index in [1.54, 1.807) is 6.07 Å². The van der Waals surface area contributed by atoms with E-state index < -0.39 is 5.82 Å². The first-order chi connectivity index (χ1) is 19.4. The maximum Gasteiger partial charge on any atom is 0.258 e. The lowest BCUT2D eigenvalue weighted by Gasteiger charge is -2.25. The van der Waals surface area contributed by atoms with Gasteiger partial charge in [-0.3, -0.25) is 9.59 Å². The molecule has 5 rings (SSSR count). The Balaban J connectivity index is 1.46. The van der Waals surface area contributed by atoms with Crippen LogP contribution in [0.3, 0.4) is 0 Å². The van der Waals surface area contributed by atoms with Crippen molar-refractivity contribution in [3.05, 3.63) is 126 Å². The number of likely N-dealkylation sites (N-methyl/N-ethyl adjacent to an activating group) is 1. The van der Waals surface area contributed by atoms with Crippen LogP contribution in [0.4, 0.5) is 21.5 Å². The van der Waals surface area contributed by atoms with E-state index in [0.29, 0.717) is 35.5 Å². The maximum absolute atomic E-state index is 13.9. The van der Waals surface area contributed by atoms with E-state index in [4.69, 9.17) is 0 Å². The zero-order valence-corrected chi connectivity index (χ0v) is 22.5. The summed E-state index contributed by atoms with van der Waals surface area (Å²) in [5, 5.41) is 6.20. The summed E-state index contributed by atoms with van der Waals surface area (Å²) >= 11 is 0. The molecule has 0 fully saturated rings. The van der Waals surface area contributed by atoms with E-state index in [9.17, 15) is 14.0 Å². The van der Waals surface area contributed by atoms with Crippen LogP contribution in [0.25, 0.3) is 11.3 Å². The molecule has 1 heterocycles. The summed E-state index contributed by atoms with van der Waals surface area (Å²) in [7, 11) is 3.97. The van der Waals surface area contributed by atoms with Crippen LogP contribution in [0.5, 0.6) is 0 Å². The van der Waals surface area contributed by atoms with E-state index in [2.05, 4.69) is 10.6 Å². The van der Waals surface area contributed by atoms with Gasteiger partial charge in [0.15, 0.2) is 0 Å². The Morgan fingerprint density at radius 3 is 2.20 bits per heavy atom. The number of amides is 2. The number of hydrogen-bond donors (Lipinski definition) is 2. The topological polar surface area (TPSA) is 64.7 Å². The van der Waals surface area contributed by atoms with E-state index >= 15 is 0 Å². The van der Waals surface area contributed by atoms with Crippen molar-refractivity contribution in [2.24, 2.45) is 0 Å². The number of rotatable bonds is 9. The SMILES string of the molecule is CN(C)CCN(C(=O)Cc1ccccc1)c1ccc(NC(=C2C(=O)Nc3cc(F)ccc32)c2ccccc2)cc1. The number of hydrogen-bond acceptors (Lipinski definition) is 4. The molecule has 0 spiro atoms. The summed E-state index contributed by atoms with van der Waals surface area (Å²) in [4.78, 5) is 30.3. The molecular formula is C33H31FN4O2. The molecule has 0 unspecified atom stereocenters. The van der Waals surface area contributed by atoms with E-state index in [1.807, 2.05) is 109 Å². The predicted octanol–water partition coefficient (Wildman–Crippen LogP) is 5.90. The number of nitrogens with zero attached hydrogens (tertiary/aromatic N) is 2. The van der Waals surface area contributed by atoms with Crippen molar-refractivity contribution in [3.63, 3.8) is 0 Å². The van der Waals surface area contributed by atoms with Crippen LogP contribution in [0.15, 0.2) is 103 Å². The molecule has 0 saturated heterocycles. The minimum absolute atomic E-state index is 0.0207. The fourth-order valence-electron chi connectivity index (χ4n) is 4.71. The van der Waals surface area contributed by atoms with Gasteiger partial charge in [-0.2, -0.15) is 0 Å². The molecule has 1 aliphatic rings. The third-order valence-electron chi connectivity index (χ3n) is 6.76. The van der Waals surface area contributed by atoms with Gasteiger partial charge in [0, 0.05) is 30.0 Å². The number of fused-ring (bicyclic) bond motifs is 1. The van der Waals surface area contributed by atoms with Crippen LogP contribution in [-0.2, 0) is 16.0 Å². The summed E-state index contributed by atoms with van der Waals surface area (Å²) < 4.78 is 13.9. The number of nitrogens with one attached hydrogen (secondary N) is 2. The van der Waals surface area contributed by atoms with Gasteiger partial charge in [0.05, 0.1) is 23.4 Å². The van der Waals surface area contributed by atoms with Crippen LogP contribution in [0, 0.1) is 5.82 Å². The summed E-state index contributed by atoms with van der Waals surface area (Å²) in [6.07, 6.45) is 0.313. The third-order valence-corrected chi connectivity index (χ3v) is 6.76. The second kappa shape index (κ2) is 12.0. The van der Waals surface area contributed by atoms with Crippen molar-refractivity contribution in [2.45, 2.75) is 6.42 Å². The zero-order chi connectivity index (χ0) is 28.1. The molecule has 0 aliphatic carbocycles. The van der Waals surface area contributed by atoms with Gasteiger partial charge < -0.3 is 20.4 Å². The van der Waals surface area contributed by atoms with Crippen LogP contribution >= 0.6 is 0 Å². The molecular weight excluding hydrogens is 503 g/mol. The van der Waals surface area contributed by atoms with Crippen LogP contribution in [-0.4, -0.2) is 43.9 Å². The number of halogens is 1. The molecule has 202 valence electrons. The molecule has 0 radical (unpaired) electrons. The molecule has 0 bridgehead atoms. The Hall–Kier alpha value is -4.75. The van der Waals surface area contributed by atoms with E-state index in [0.717, 1.165) is 29.0 Å². The molecule has 6 nitrogen and oxygen atoms in total. The van der Waals surface area contributed by atoms with Gasteiger partial charge in [0.2, 0.25) is 5.91 Å². The highest BCUT2D eigenvalue weighted by atomic mass is 19.1. The maximum atomic E-state index is 13.9. The highest BCUT2D eigenvalue weighted by Crippen LogP contribution is 2.38. The molecule has 1 aliphatic heterocycles. The highest BCUT2D eigenvalue weighted by molar-refractivity contribution is 6.37. The quantitative estimate of drug-likeness (QED) is 0.263. The predicted molar refractivity (Wildman–Crippen MR) is 159 cm³/mol.